The number of rotatable bonds is 10. The van der Waals surface area contributed by atoms with E-state index >= 15 is 0 Å². The molecular formula is C26H35O10P. The average molecular weight is 539 g/mol. The lowest BCUT2D eigenvalue weighted by molar-refractivity contribution is -0.151. The molecule has 1 heterocycles. The number of aliphatic hydroxyl groups excluding tert-OH is 2. The van der Waals surface area contributed by atoms with E-state index in [1.807, 2.05) is 71.1 Å². The SMILES string of the molecule is CC=C(C)C=CC=C(C)C=CC1=C(C)C(=O)C(OP(=O)(O)OC[C@H](O)[C@H]2OC(=O)C(O)C2=O)CC1(C)C. The lowest BCUT2D eigenvalue weighted by atomic mass is 9.71. The molecule has 5 atom stereocenters. The monoisotopic (exact) mass is 538 g/mol. The predicted octanol–water partition coefficient (Wildman–Crippen LogP) is 3.05. The molecule has 0 spiro atoms. The van der Waals surface area contributed by atoms with Gasteiger partial charge in [-0.1, -0.05) is 61.4 Å². The fourth-order valence-electron chi connectivity index (χ4n) is 3.94. The van der Waals surface area contributed by atoms with Crippen molar-refractivity contribution < 1.29 is 47.8 Å². The van der Waals surface area contributed by atoms with Crippen molar-refractivity contribution in [1.29, 1.82) is 0 Å². The highest BCUT2D eigenvalue weighted by Crippen LogP contribution is 2.49. The van der Waals surface area contributed by atoms with Crippen LogP contribution in [0.25, 0.3) is 0 Å². The van der Waals surface area contributed by atoms with Gasteiger partial charge in [-0.25, -0.2) is 9.36 Å². The van der Waals surface area contributed by atoms with E-state index in [-0.39, 0.29) is 6.42 Å². The molecule has 11 heteroatoms. The molecule has 1 aliphatic carbocycles. The molecule has 0 aromatic rings. The van der Waals surface area contributed by atoms with Gasteiger partial charge in [0.1, 0.15) is 12.2 Å². The Balaban J connectivity index is 2.09. The molecular weight excluding hydrogens is 503 g/mol. The summed E-state index contributed by atoms with van der Waals surface area (Å²) in [7, 11) is -4.86. The van der Waals surface area contributed by atoms with Crippen molar-refractivity contribution in [2.24, 2.45) is 5.41 Å². The fraction of sp³-hybridized carbons (Fsp3) is 0.500. The molecule has 3 N–H and O–H groups in total. The van der Waals surface area contributed by atoms with Crippen LogP contribution in [0.15, 0.2) is 58.7 Å². The molecule has 0 saturated carbocycles. The Morgan fingerprint density at radius 2 is 1.86 bits per heavy atom. The van der Waals surface area contributed by atoms with Crippen LogP contribution in [0.5, 0.6) is 0 Å². The minimum atomic E-state index is -4.86. The number of allylic oxidation sites excluding steroid dienone is 9. The number of carbonyl (C=O) groups excluding carboxylic acids is 3. The van der Waals surface area contributed by atoms with Gasteiger partial charge in [-0.3, -0.25) is 18.6 Å². The molecule has 0 amide bonds. The van der Waals surface area contributed by atoms with Crippen molar-refractivity contribution in [2.45, 2.75) is 72.4 Å². The molecule has 1 aliphatic heterocycles. The maximum atomic E-state index is 13.0. The van der Waals surface area contributed by atoms with Crippen LogP contribution in [0.1, 0.15) is 48.0 Å². The van der Waals surface area contributed by atoms with E-state index < -0.39 is 61.8 Å². The van der Waals surface area contributed by atoms with Gasteiger partial charge in [-0.2, -0.15) is 0 Å². The Hall–Kier alpha value is -2.46. The van der Waals surface area contributed by atoms with Gasteiger partial charge >= 0.3 is 13.8 Å². The van der Waals surface area contributed by atoms with Gasteiger partial charge in [0.25, 0.3) is 0 Å². The Morgan fingerprint density at radius 1 is 1.22 bits per heavy atom. The molecule has 37 heavy (non-hydrogen) atoms. The van der Waals surface area contributed by atoms with E-state index in [1.54, 1.807) is 6.92 Å². The number of esters is 1. The summed E-state index contributed by atoms with van der Waals surface area (Å²) in [5, 5.41) is 19.3. The van der Waals surface area contributed by atoms with Gasteiger partial charge in [0, 0.05) is 0 Å². The lowest BCUT2D eigenvalue weighted by Gasteiger charge is -2.36. The molecule has 204 valence electrons. The maximum Gasteiger partial charge on any atom is 0.472 e. The van der Waals surface area contributed by atoms with Crippen LogP contribution in [0.4, 0.5) is 0 Å². The first-order valence-electron chi connectivity index (χ1n) is 11.8. The molecule has 1 saturated heterocycles. The van der Waals surface area contributed by atoms with E-state index in [4.69, 9.17) is 9.05 Å². The molecule has 0 radical (unpaired) electrons. The van der Waals surface area contributed by atoms with Crippen LogP contribution in [0.3, 0.4) is 0 Å². The zero-order valence-corrected chi connectivity index (χ0v) is 22.7. The number of Topliss-reactive ketones (excluding diaryl/α,β-unsaturated/α-hetero) is 2. The van der Waals surface area contributed by atoms with Crippen LogP contribution in [0, 0.1) is 5.41 Å². The Kier molecular flexibility index (Phi) is 10.3. The van der Waals surface area contributed by atoms with Gasteiger partial charge in [0.2, 0.25) is 11.9 Å². The summed E-state index contributed by atoms with van der Waals surface area (Å²) in [6.07, 6.45) is 4.81. The molecule has 0 bridgehead atoms. The van der Waals surface area contributed by atoms with Crippen molar-refractivity contribution in [3.63, 3.8) is 0 Å². The standard InChI is InChI=1S/C26H35O10P/c1-7-15(2)9-8-10-16(3)11-12-18-17(4)21(28)20(13-26(18,5)6)36-37(32,33)34-14-19(27)24-22(29)23(30)25(31)35-24/h7-12,19-20,23-24,27,30H,13-14H2,1-6H3,(H,32,33)/t19-,20?,23?,24+/m0/s1. The quantitative estimate of drug-likeness (QED) is 0.163. The van der Waals surface area contributed by atoms with Crippen molar-refractivity contribution in [1.82, 2.24) is 0 Å². The zero-order chi connectivity index (χ0) is 28.1. The maximum absolute atomic E-state index is 13.0. The fourth-order valence-corrected chi connectivity index (χ4v) is 4.83. The van der Waals surface area contributed by atoms with E-state index in [1.165, 1.54) is 0 Å². The van der Waals surface area contributed by atoms with Gasteiger partial charge in [-0.15, -0.1) is 0 Å². The zero-order valence-electron chi connectivity index (χ0n) is 21.8. The number of cyclic esters (lactones) is 1. The minimum Gasteiger partial charge on any atom is -0.449 e. The number of aliphatic hydroxyl groups is 2. The first kappa shape index (κ1) is 30.8. The van der Waals surface area contributed by atoms with Crippen LogP contribution in [-0.4, -0.2) is 63.7 Å². The number of ketones is 2. The molecule has 2 aliphatic rings. The number of carbonyl (C=O) groups is 3. The second-order valence-corrected chi connectivity index (χ2v) is 11.1. The molecule has 2 rings (SSSR count). The van der Waals surface area contributed by atoms with Gasteiger partial charge in [0.05, 0.1) is 6.61 Å². The highest BCUT2D eigenvalue weighted by Gasteiger charge is 2.47. The van der Waals surface area contributed by atoms with Crippen LogP contribution in [-0.2, 0) is 32.7 Å². The molecule has 1 fully saturated rings. The average Bonchev–Trinajstić information content (AvgIpc) is 3.07. The number of phosphoric acid groups is 1. The number of hydrogen-bond donors (Lipinski definition) is 3. The first-order chi connectivity index (χ1) is 17.1. The summed E-state index contributed by atoms with van der Waals surface area (Å²) >= 11 is 0. The molecule has 10 nitrogen and oxygen atoms in total. The van der Waals surface area contributed by atoms with E-state index in [2.05, 4.69) is 4.74 Å². The molecule has 3 unspecified atom stereocenters. The van der Waals surface area contributed by atoms with E-state index in [0.717, 1.165) is 16.7 Å². The molecule has 0 aromatic carbocycles. The third-order valence-corrected chi connectivity index (χ3v) is 7.21. The molecule has 0 aromatic heterocycles. The summed E-state index contributed by atoms with van der Waals surface area (Å²) in [6.45, 7) is 10.3. The lowest BCUT2D eigenvalue weighted by Crippen LogP contribution is -2.38. The predicted molar refractivity (Wildman–Crippen MR) is 135 cm³/mol. The summed E-state index contributed by atoms with van der Waals surface area (Å²) in [6, 6.07) is 0. The van der Waals surface area contributed by atoms with Gasteiger partial charge in [-0.05, 0) is 50.7 Å². The third kappa shape index (κ3) is 8.01. The Labute approximate surface area is 216 Å². The summed E-state index contributed by atoms with van der Waals surface area (Å²) in [5.41, 5.74) is 2.65. The van der Waals surface area contributed by atoms with Gasteiger partial charge in [0.15, 0.2) is 11.9 Å². The third-order valence-electron chi connectivity index (χ3n) is 6.21. The van der Waals surface area contributed by atoms with Crippen LogP contribution in [0.2, 0.25) is 0 Å². The Morgan fingerprint density at radius 3 is 2.43 bits per heavy atom. The van der Waals surface area contributed by atoms with Crippen molar-refractivity contribution in [2.75, 3.05) is 6.61 Å². The van der Waals surface area contributed by atoms with Crippen molar-refractivity contribution >= 4 is 25.4 Å². The van der Waals surface area contributed by atoms with E-state index in [0.29, 0.717) is 5.57 Å². The summed E-state index contributed by atoms with van der Waals surface area (Å²) in [5.74, 6) is -2.80. The largest absolute Gasteiger partial charge is 0.472 e. The topological polar surface area (TPSA) is 157 Å². The van der Waals surface area contributed by atoms with Gasteiger partial charge < -0.3 is 19.8 Å². The van der Waals surface area contributed by atoms with Crippen LogP contribution >= 0.6 is 7.82 Å². The normalized spacial score (nSPS) is 27.8. The van der Waals surface area contributed by atoms with Crippen molar-refractivity contribution in [3.8, 4) is 0 Å². The minimum absolute atomic E-state index is 0.0907. The second-order valence-electron chi connectivity index (χ2n) is 9.71. The smallest absolute Gasteiger partial charge is 0.449 e. The first-order valence-corrected chi connectivity index (χ1v) is 13.3. The highest BCUT2D eigenvalue weighted by atomic mass is 31.2. The summed E-state index contributed by atoms with van der Waals surface area (Å²) in [4.78, 5) is 46.1. The number of phosphoric ester groups is 1. The van der Waals surface area contributed by atoms with Crippen molar-refractivity contribution in [3.05, 3.63) is 58.7 Å². The van der Waals surface area contributed by atoms with E-state index in [9.17, 15) is 34.1 Å². The number of hydrogen-bond acceptors (Lipinski definition) is 9. The number of ether oxygens (including phenoxy) is 1. The summed E-state index contributed by atoms with van der Waals surface area (Å²) < 4.78 is 27.0. The second kappa shape index (κ2) is 12.4. The van der Waals surface area contributed by atoms with Crippen LogP contribution < -0.4 is 0 Å². The highest BCUT2D eigenvalue weighted by molar-refractivity contribution is 7.47. The Bertz CT molecular complexity index is 1120.